The number of para-hydroxylation sites is 1. The maximum absolute atomic E-state index is 13.5. The Bertz CT molecular complexity index is 1210. The average Bonchev–Trinajstić information content (AvgIpc) is 2.95. The van der Waals surface area contributed by atoms with Gasteiger partial charge < -0.3 is 4.57 Å². The highest BCUT2D eigenvalue weighted by molar-refractivity contribution is 7.89. The normalized spacial score (nSPS) is 15.8. The van der Waals surface area contributed by atoms with E-state index in [9.17, 15) is 12.8 Å². The fourth-order valence-electron chi connectivity index (χ4n) is 3.95. The van der Waals surface area contributed by atoms with Crippen LogP contribution >= 0.6 is 0 Å². The molecule has 28 heavy (non-hydrogen) atoms. The quantitative estimate of drug-likeness (QED) is 0.656. The summed E-state index contributed by atoms with van der Waals surface area (Å²) in [5.41, 5.74) is 5.06. The second kappa shape index (κ2) is 6.87. The molecular weight excluding hydrogens is 375 g/mol. The molecule has 0 aliphatic carbocycles. The summed E-state index contributed by atoms with van der Waals surface area (Å²) in [6.45, 7) is 4.40. The van der Waals surface area contributed by atoms with Crippen LogP contribution in [0, 0.1) is 19.7 Å². The molecule has 0 N–H and O–H groups in total. The molecule has 4 nitrogen and oxygen atoms in total. The molecule has 0 unspecified atom stereocenters. The zero-order valence-electron chi connectivity index (χ0n) is 16.2. The van der Waals surface area contributed by atoms with Gasteiger partial charge in [0.2, 0.25) is 10.0 Å². The molecule has 1 aromatic heterocycles. The first-order valence-corrected chi connectivity index (χ1v) is 10.7. The van der Waals surface area contributed by atoms with Crippen molar-refractivity contribution in [3.63, 3.8) is 0 Å². The van der Waals surface area contributed by atoms with E-state index in [2.05, 4.69) is 30.7 Å². The minimum Gasteiger partial charge on any atom is -0.347 e. The summed E-state index contributed by atoms with van der Waals surface area (Å²) in [4.78, 5) is 0.143. The van der Waals surface area contributed by atoms with Gasteiger partial charge in [0.1, 0.15) is 5.82 Å². The highest BCUT2D eigenvalue weighted by Gasteiger charge is 2.28. The molecule has 146 valence electrons. The van der Waals surface area contributed by atoms with Crippen molar-refractivity contribution in [2.45, 2.75) is 25.2 Å². The number of nitrogens with zero attached hydrogens (tertiary/aromatic N) is 2. The Morgan fingerprint density at radius 1 is 1.07 bits per heavy atom. The standard InChI is InChI=1S/C22H23FN2O2S/c1-15-14-18(8-9-20(15)23)28(26,27)25-12-10-17(11-13-25)22-16(2)24(3)21-7-5-4-6-19(21)22/h4-10,14H,11-13H2,1-3H3. The number of fused-ring (bicyclic) bond motifs is 1. The number of halogens is 1. The van der Waals surface area contributed by atoms with Gasteiger partial charge in [0.25, 0.3) is 0 Å². The van der Waals surface area contributed by atoms with Crippen molar-refractivity contribution in [3.8, 4) is 0 Å². The number of sulfonamides is 1. The Hall–Kier alpha value is -2.44. The van der Waals surface area contributed by atoms with Gasteiger partial charge in [0.05, 0.1) is 4.90 Å². The zero-order valence-corrected chi connectivity index (χ0v) is 17.1. The van der Waals surface area contributed by atoms with E-state index in [4.69, 9.17) is 0 Å². The molecule has 0 saturated heterocycles. The van der Waals surface area contributed by atoms with E-state index >= 15 is 0 Å². The van der Waals surface area contributed by atoms with Crippen molar-refractivity contribution in [2.75, 3.05) is 13.1 Å². The van der Waals surface area contributed by atoms with Crippen LogP contribution in [-0.2, 0) is 17.1 Å². The monoisotopic (exact) mass is 398 g/mol. The Kier molecular flexibility index (Phi) is 4.63. The Balaban J connectivity index is 1.67. The molecule has 0 atom stereocenters. The van der Waals surface area contributed by atoms with Gasteiger partial charge in [-0.2, -0.15) is 4.31 Å². The van der Waals surface area contributed by atoms with Gasteiger partial charge in [-0.15, -0.1) is 0 Å². The molecule has 3 aromatic rings. The Labute approximate surface area is 164 Å². The first kappa shape index (κ1) is 18.9. The van der Waals surface area contributed by atoms with Crippen molar-refractivity contribution >= 4 is 26.5 Å². The molecule has 2 aromatic carbocycles. The molecule has 0 radical (unpaired) electrons. The van der Waals surface area contributed by atoms with Crippen molar-refractivity contribution < 1.29 is 12.8 Å². The molecule has 0 bridgehead atoms. The summed E-state index contributed by atoms with van der Waals surface area (Å²) in [5, 5.41) is 1.19. The number of hydrogen-bond acceptors (Lipinski definition) is 2. The zero-order chi connectivity index (χ0) is 20.1. The van der Waals surface area contributed by atoms with Gasteiger partial charge >= 0.3 is 0 Å². The largest absolute Gasteiger partial charge is 0.347 e. The topological polar surface area (TPSA) is 42.3 Å². The predicted molar refractivity (Wildman–Crippen MR) is 110 cm³/mol. The van der Waals surface area contributed by atoms with Crippen LogP contribution in [0.2, 0.25) is 0 Å². The fourth-order valence-corrected chi connectivity index (χ4v) is 5.42. The third kappa shape index (κ3) is 2.97. The summed E-state index contributed by atoms with van der Waals surface area (Å²) in [6, 6.07) is 12.2. The lowest BCUT2D eigenvalue weighted by atomic mass is 9.97. The summed E-state index contributed by atoms with van der Waals surface area (Å²) in [5.74, 6) is -0.397. The van der Waals surface area contributed by atoms with Gasteiger partial charge in [0.15, 0.2) is 0 Å². The Morgan fingerprint density at radius 2 is 1.82 bits per heavy atom. The van der Waals surface area contributed by atoms with E-state index in [1.807, 2.05) is 18.2 Å². The van der Waals surface area contributed by atoms with Gasteiger partial charge in [-0.05, 0) is 55.7 Å². The third-order valence-electron chi connectivity index (χ3n) is 5.66. The second-order valence-corrected chi connectivity index (χ2v) is 9.23. The number of aromatic nitrogens is 1. The van der Waals surface area contributed by atoms with Crippen LogP contribution in [0.3, 0.4) is 0 Å². The molecular formula is C22H23FN2O2S. The van der Waals surface area contributed by atoms with E-state index in [0.717, 1.165) is 0 Å². The van der Waals surface area contributed by atoms with Crippen molar-refractivity contribution in [1.29, 1.82) is 0 Å². The molecule has 1 aliphatic heterocycles. The predicted octanol–water partition coefficient (Wildman–Crippen LogP) is 4.41. The first-order chi connectivity index (χ1) is 13.3. The van der Waals surface area contributed by atoms with E-state index < -0.39 is 15.8 Å². The lowest BCUT2D eigenvalue weighted by molar-refractivity contribution is 0.441. The molecule has 4 rings (SSSR count). The van der Waals surface area contributed by atoms with Crippen LogP contribution in [-0.4, -0.2) is 30.4 Å². The van der Waals surface area contributed by atoms with Crippen LogP contribution in [0.5, 0.6) is 0 Å². The molecule has 0 spiro atoms. The van der Waals surface area contributed by atoms with Crippen LogP contribution in [0.4, 0.5) is 4.39 Å². The van der Waals surface area contributed by atoms with Gasteiger partial charge in [-0.3, -0.25) is 0 Å². The minimum absolute atomic E-state index is 0.143. The van der Waals surface area contributed by atoms with E-state index in [1.54, 1.807) is 6.92 Å². The minimum atomic E-state index is -3.64. The van der Waals surface area contributed by atoms with Crippen LogP contribution in [0.1, 0.15) is 23.2 Å². The Morgan fingerprint density at radius 3 is 2.50 bits per heavy atom. The molecule has 0 saturated carbocycles. The maximum atomic E-state index is 13.5. The van der Waals surface area contributed by atoms with E-state index in [1.165, 1.54) is 50.2 Å². The lowest BCUT2D eigenvalue weighted by Gasteiger charge is -2.26. The molecule has 0 amide bonds. The van der Waals surface area contributed by atoms with Crippen LogP contribution in [0.15, 0.2) is 53.4 Å². The highest BCUT2D eigenvalue weighted by Crippen LogP contribution is 2.34. The average molecular weight is 399 g/mol. The number of rotatable bonds is 3. The summed E-state index contributed by atoms with van der Waals surface area (Å²) in [6.07, 6.45) is 2.65. The SMILES string of the molecule is Cc1cc(S(=O)(=O)N2CC=C(c3c(C)n(C)c4ccccc34)CC2)ccc1F. The van der Waals surface area contributed by atoms with Crippen molar-refractivity contribution in [1.82, 2.24) is 8.87 Å². The maximum Gasteiger partial charge on any atom is 0.243 e. The van der Waals surface area contributed by atoms with Crippen LogP contribution < -0.4 is 0 Å². The molecule has 0 fully saturated rings. The molecule has 1 aliphatic rings. The van der Waals surface area contributed by atoms with E-state index in [0.29, 0.717) is 25.1 Å². The highest BCUT2D eigenvalue weighted by atomic mass is 32.2. The second-order valence-electron chi connectivity index (χ2n) is 7.29. The van der Waals surface area contributed by atoms with Crippen molar-refractivity contribution in [3.05, 3.63) is 71.2 Å². The molecule has 2 heterocycles. The number of benzene rings is 2. The van der Waals surface area contributed by atoms with Gasteiger partial charge in [-0.25, -0.2) is 12.8 Å². The van der Waals surface area contributed by atoms with E-state index in [-0.39, 0.29) is 4.90 Å². The number of aryl methyl sites for hydroxylation is 2. The van der Waals surface area contributed by atoms with Gasteiger partial charge in [0, 0.05) is 42.3 Å². The molecule has 6 heteroatoms. The van der Waals surface area contributed by atoms with Gasteiger partial charge in [-0.1, -0.05) is 24.3 Å². The summed E-state index contributed by atoms with van der Waals surface area (Å²) in [7, 11) is -1.58. The lowest BCUT2D eigenvalue weighted by Crippen LogP contribution is -2.34. The smallest absolute Gasteiger partial charge is 0.243 e. The fraction of sp³-hybridized carbons (Fsp3) is 0.273. The first-order valence-electron chi connectivity index (χ1n) is 9.30. The third-order valence-corrected chi connectivity index (χ3v) is 7.52. The summed E-state index contributed by atoms with van der Waals surface area (Å²) < 4.78 is 43.0. The van der Waals surface area contributed by atoms with Crippen LogP contribution in [0.25, 0.3) is 16.5 Å². The van der Waals surface area contributed by atoms with Crippen molar-refractivity contribution in [2.24, 2.45) is 7.05 Å². The summed E-state index contributed by atoms with van der Waals surface area (Å²) >= 11 is 0. The number of hydrogen-bond donors (Lipinski definition) is 0.